The molecule has 0 saturated carbocycles. The molecule has 0 atom stereocenters. The second-order valence-corrected chi connectivity index (χ2v) is 12.5. The van der Waals surface area contributed by atoms with E-state index >= 15 is 0 Å². The lowest BCUT2D eigenvalue weighted by Gasteiger charge is -2.13. The van der Waals surface area contributed by atoms with Crippen molar-refractivity contribution in [2.45, 2.75) is 44.1 Å². The number of hydrogen-bond donors (Lipinski definition) is 2. The van der Waals surface area contributed by atoms with E-state index in [0.717, 1.165) is 85.5 Å². The SMILES string of the molecule is Cc1c2c(nn1C)CSCc1cc(n(C)n1)CCc1cc(c3ccccc3c1)OCCCc1c(C(=O)O)[nH]c3c-2cccc13. The van der Waals surface area contributed by atoms with Gasteiger partial charge in [0.25, 0.3) is 0 Å². The van der Waals surface area contributed by atoms with Crippen molar-refractivity contribution in [3.63, 3.8) is 0 Å². The quantitative estimate of drug-likeness (QED) is 0.209. The van der Waals surface area contributed by atoms with E-state index in [1.54, 1.807) is 11.8 Å². The zero-order valence-electron chi connectivity index (χ0n) is 25.2. The van der Waals surface area contributed by atoms with Crippen LogP contribution in [-0.4, -0.2) is 42.2 Å². The number of carboxylic acid groups (broad SMARTS) is 1. The Morgan fingerprint density at radius 3 is 2.66 bits per heavy atom. The second kappa shape index (κ2) is 11.5. The number of aromatic carboxylic acids is 1. The summed E-state index contributed by atoms with van der Waals surface area (Å²) in [7, 11) is 3.98. The molecule has 1 aliphatic rings. The molecule has 224 valence electrons. The van der Waals surface area contributed by atoms with Crippen molar-refractivity contribution in [2.24, 2.45) is 14.1 Å². The average molecular weight is 606 g/mol. The Morgan fingerprint density at radius 2 is 1.80 bits per heavy atom. The van der Waals surface area contributed by atoms with E-state index in [1.165, 1.54) is 11.3 Å². The van der Waals surface area contributed by atoms with E-state index < -0.39 is 5.97 Å². The number of thioether (sulfide) groups is 1. The van der Waals surface area contributed by atoms with Crippen LogP contribution >= 0.6 is 11.8 Å². The van der Waals surface area contributed by atoms with Crippen molar-refractivity contribution >= 4 is 39.4 Å². The highest BCUT2D eigenvalue weighted by Crippen LogP contribution is 2.37. The van der Waals surface area contributed by atoms with Gasteiger partial charge < -0.3 is 14.8 Å². The van der Waals surface area contributed by atoms with Crippen molar-refractivity contribution < 1.29 is 14.6 Å². The number of aromatic nitrogens is 5. The van der Waals surface area contributed by atoms with E-state index in [-0.39, 0.29) is 5.69 Å². The first-order valence-electron chi connectivity index (χ1n) is 15.0. The largest absolute Gasteiger partial charge is 0.493 e. The van der Waals surface area contributed by atoms with Gasteiger partial charge in [-0.2, -0.15) is 10.2 Å². The Kier molecular flexibility index (Phi) is 7.42. The van der Waals surface area contributed by atoms with Crippen LogP contribution < -0.4 is 4.74 Å². The van der Waals surface area contributed by atoms with Crippen LogP contribution in [0.25, 0.3) is 32.8 Å². The first-order valence-corrected chi connectivity index (χ1v) is 16.2. The number of benzene rings is 3. The first-order chi connectivity index (χ1) is 21.4. The number of nitrogens with zero attached hydrogens (tertiary/aromatic N) is 4. The summed E-state index contributed by atoms with van der Waals surface area (Å²) in [5, 5.41) is 23.1. The second-order valence-electron chi connectivity index (χ2n) is 11.6. The van der Waals surface area contributed by atoms with Gasteiger partial charge in [-0.25, -0.2) is 4.79 Å². The van der Waals surface area contributed by atoms with Crippen molar-refractivity contribution in [1.29, 1.82) is 0 Å². The van der Waals surface area contributed by atoms with Crippen LogP contribution in [-0.2, 0) is 44.9 Å². The number of fused-ring (bicyclic) bond motifs is 8. The minimum Gasteiger partial charge on any atom is -0.493 e. The molecule has 2 N–H and O–H groups in total. The van der Waals surface area contributed by atoms with E-state index in [2.05, 4.69) is 54.4 Å². The van der Waals surface area contributed by atoms with Gasteiger partial charge in [-0.3, -0.25) is 9.36 Å². The smallest absolute Gasteiger partial charge is 0.352 e. The molecule has 0 radical (unpaired) electrons. The fourth-order valence-electron chi connectivity index (χ4n) is 6.48. The number of aryl methyl sites for hydroxylation is 5. The average Bonchev–Trinajstić information content (AvgIpc) is 3.66. The molecule has 0 spiro atoms. The zero-order valence-corrected chi connectivity index (χ0v) is 26.0. The van der Waals surface area contributed by atoms with Gasteiger partial charge in [0.05, 0.1) is 23.5 Å². The third kappa shape index (κ3) is 5.15. The minimum absolute atomic E-state index is 0.241. The Morgan fingerprint density at radius 1 is 0.955 bits per heavy atom. The van der Waals surface area contributed by atoms with Crippen LogP contribution in [0, 0.1) is 6.92 Å². The third-order valence-electron chi connectivity index (χ3n) is 8.73. The van der Waals surface area contributed by atoms with Crippen LogP contribution in [0.4, 0.5) is 0 Å². The standard InChI is InChI=1S/C35H35N5O3S/c1-21-32-29-11-6-10-27-28(34(35(41)42)36-33(27)29)12-7-15-43-31-17-22(16-23-8-4-5-9-26(23)31)13-14-25-18-24(37-40(25)3)19-44-20-30(32)38-39(21)2/h4-6,8-11,16-18,36H,7,12-15,19-20H2,1-3H3,(H,41,42). The molecule has 0 aliphatic carbocycles. The summed E-state index contributed by atoms with van der Waals surface area (Å²) in [5.74, 6) is 1.40. The summed E-state index contributed by atoms with van der Waals surface area (Å²) in [6.07, 6.45) is 3.03. The molecule has 8 nitrogen and oxygen atoms in total. The highest BCUT2D eigenvalue weighted by molar-refractivity contribution is 7.97. The van der Waals surface area contributed by atoms with Crippen molar-refractivity contribution in [1.82, 2.24) is 24.5 Å². The first kappa shape index (κ1) is 28.3. The van der Waals surface area contributed by atoms with Gasteiger partial charge in [0, 0.05) is 58.9 Å². The van der Waals surface area contributed by atoms with Gasteiger partial charge in [-0.15, -0.1) is 11.8 Å². The molecule has 4 heterocycles. The maximum Gasteiger partial charge on any atom is 0.352 e. The fourth-order valence-corrected chi connectivity index (χ4v) is 7.33. The summed E-state index contributed by atoms with van der Waals surface area (Å²) in [6, 6.07) is 21.0. The van der Waals surface area contributed by atoms with Gasteiger partial charge in [-0.05, 0) is 61.3 Å². The Labute approximate surface area is 260 Å². The Balaban J connectivity index is 1.32. The Bertz CT molecular complexity index is 2040. The lowest BCUT2D eigenvalue weighted by molar-refractivity contribution is 0.0690. The number of nitrogens with one attached hydrogen (secondary N) is 1. The van der Waals surface area contributed by atoms with Crippen molar-refractivity contribution in [2.75, 3.05) is 6.61 Å². The van der Waals surface area contributed by atoms with E-state index in [1.807, 2.05) is 41.7 Å². The number of ether oxygens (including phenoxy) is 1. The van der Waals surface area contributed by atoms with Gasteiger partial charge in [0.15, 0.2) is 0 Å². The molecule has 0 amide bonds. The topological polar surface area (TPSA) is 98.0 Å². The Hall–Kier alpha value is -4.50. The van der Waals surface area contributed by atoms with E-state index in [0.29, 0.717) is 19.4 Å². The number of carboxylic acids is 1. The maximum absolute atomic E-state index is 12.4. The molecule has 7 rings (SSSR count). The number of aromatic amines is 1. The molecular weight excluding hydrogens is 570 g/mol. The van der Waals surface area contributed by atoms with E-state index in [9.17, 15) is 9.90 Å². The van der Waals surface area contributed by atoms with Gasteiger partial charge >= 0.3 is 5.97 Å². The highest BCUT2D eigenvalue weighted by atomic mass is 32.2. The molecule has 1 aliphatic heterocycles. The predicted molar refractivity (Wildman–Crippen MR) is 176 cm³/mol. The molecule has 3 aromatic carbocycles. The molecule has 0 unspecified atom stereocenters. The number of carbonyl (C=O) groups is 1. The number of hydrogen-bond acceptors (Lipinski definition) is 5. The third-order valence-corrected chi connectivity index (χ3v) is 9.71. The number of para-hydroxylation sites is 1. The van der Waals surface area contributed by atoms with Crippen LogP contribution in [0.5, 0.6) is 5.75 Å². The lowest BCUT2D eigenvalue weighted by Crippen LogP contribution is -2.05. The predicted octanol–water partition coefficient (Wildman–Crippen LogP) is 7.01. The van der Waals surface area contributed by atoms with Crippen LogP contribution in [0.15, 0.2) is 60.7 Å². The fraction of sp³-hybridized carbons (Fsp3) is 0.286. The molecule has 0 saturated heterocycles. The van der Waals surface area contributed by atoms with Crippen molar-refractivity contribution in [3.05, 3.63) is 100 Å². The molecule has 6 aromatic rings. The molecular formula is C35H35N5O3S. The van der Waals surface area contributed by atoms with Gasteiger partial charge in [-0.1, -0.05) is 48.5 Å². The molecule has 44 heavy (non-hydrogen) atoms. The van der Waals surface area contributed by atoms with Gasteiger partial charge in [0.2, 0.25) is 0 Å². The number of rotatable bonds is 1. The number of H-pyrrole nitrogens is 1. The monoisotopic (exact) mass is 605 g/mol. The normalized spacial score (nSPS) is 14.3. The zero-order chi connectivity index (χ0) is 30.4. The van der Waals surface area contributed by atoms with E-state index in [4.69, 9.17) is 14.9 Å². The summed E-state index contributed by atoms with van der Waals surface area (Å²) in [6.45, 7) is 2.55. The minimum atomic E-state index is -0.954. The van der Waals surface area contributed by atoms with Crippen molar-refractivity contribution in [3.8, 4) is 16.9 Å². The molecule has 9 heteroatoms. The van der Waals surface area contributed by atoms with Crippen LogP contribution in [0.2, 0.25) is 0 Å². The summed E-state index contributed by atoms with van der Waals surface area (Å²) >= 11 is 1.79. The summed E-state index contributed by atoms with van der Waals surface area (Å²) < 4.78 is 10.3. The molecule has 3 aromatic heterocycles. The molecule has 8 bridgehead atoms. The summed E-state index contributed by atoms with van der Waals surface area (Å²) in [4.78, 5) is 15.7. The lowest BCUT2D eigenvalue weighted by atomic mass is 9.98. The van der Waals surface area contributed by atoms with Crippen LogP contribution in [0.1, 0.15) is 50.8 Å². The van der Waals surface area contributed by atoms with Gasteiger partial charge in [0.1, 0.15) is 11.4 Å². The maximum atomic E-state index is 12.4. The van der Waals surface area contributed by atoms with Crippen LogP contribution in [0.3, 0.4) is 0 Å². The summed E-state index contributed by atoms with van der Waals surface area (Å²) in [5.41, 5.74) is 9.42. The highest BCUT2D eigenvalue weighted by Gasteiger charge is 2.23. The molecule has 0 fully saturated rings.